The molecule has 0 radical (unpaired) electrons. The highest BCUT2D eigenvalue weighted by Crippen LogP contribution is 2.36. The monoisotopic (exact) mass is 565 g/mol. The maximum absolute atomic E-state index is 13.5. The average molecular weight is 566 g/mol. The van der Waals surface area contributed by atoms with E-state index in [1.54, 1.807) is 12.1 Å². The highest BCUT2D eigenvalue weighted by Gasteiger charge is 2.32. The Bertz CT molecular complexity index is 1620. The summed E-state index contributed by atoms with van der Waals surface area (Å²) in [7, 11) is 1.27. The van der Waals surface area contributed by atoms with Crippen molar-refractivity contribution in [3.8, 4) is 17.0 Å². The summed E-state index contributed by atoms with van der Waals surface area (Å²) < 4.78 is 47.1. The number of methoxy groups -OCH3 is 1. The number of benzene rings is 3. The number of aromatic carboxylic acids is 1. The largest absolute Gasteiger partial charge is 0.480 e. The van der Waals surface area contributed by atoms with Crippen molar-refractivity contribution >= 4 is 17.4 Å². The number of nitrogens with one attached hydrogen (secondary N) is 1. The summed E-state index contributed by atoms with van der Waals surface area (Å²) in [4.78, 5) is 36.9. The van der Waals surface area contributed by atoms with Crippen LogP contribution in [-0.2, 0) is 12.6 Å². The van der Waals surface area contributed by atoms with Crippen LogP contribution in [0.3, 0.4) is 0 Å². The number of carboxylic acids is 1. The normalized spacial score (nSPS) is 12.0. The van der Waals surface area contributed by atoms with Crippen LogP contribution < -0.4 is 15.6 Å². The molecule has 0 fully saturated rings. The second kappa shape index (κ2) is 12.1. The summed E-state index contributed by atoms with van der Waals surface area (Å²) in [5, 5.41) is 16.7. The number of carbonyl (C=O) groups is 2. The molecule has 4 rings (SSSR count). The van der Waals surface area contributed by atoms with Gasteiger partial charge in [0, 0.05) is 23.9 Å². The smallest absolute Gasteiger partial charge is 0.416 e. The molecule has 0 aliphatic heterocycles. The number of hydrogen-bond acceptors (Lipinski definition) is 6. The molecular formula is C30H26F3N3O5. The molecular weight excluding hydrogens is 539 g/mol. The summed E-state index contributed by atoms with van der Waals surface area (Å²) >= 11 is 0. The first-order chi connectivity index (χ1) is 19.5. The lowest BCUT2D eigenvalue weighted by Gasteiger charge is -2.22. The highest BCUT2D eigenvalue weighted by molar-refractivity contribution is 6.01. The molecule has 8 nitrogen and oxygen atoms in total. The Labute approximate surface area is 233 Å². The quantitative estimate of drug-likeness (QED) is 0.236. The first-order valence-corrected chi connectivity index (χ1v) is 12.5. The van der Waals surface area contributed by atoms with Gasteiger partial charge in [-0.1, -0.05) is 36.4 Å². The van der Waals surface area contributed by atoms with Gasteiger partial charge in [-0.2, -0.15) is 13.2 Å². The molecule has 41 heavy (non-hydrogen) atoms. The number of halogens is 3. The Hall–Kier alpha value is -4.93. The molecule has 0 saturated heterocycles. The van der Waals surface area contributed by atoms with Crippen molar-refractivity contribution in [3.63, 3.8) is 0 Å². The van der Waals surface area contributed by atoms with Crippen LogP contribution in [-0.4, -0.2) is 40.3 Å². The van der Waals surface area contributed by atoms with E-state index in [-0.39, 0.29) is 34.7 Å². The van der Waals surface area contributed by atoms with Crippen molar-refractivity contribution in [2.45, 2.75) is 25.6 Å². The molecule has 1 heterocycles. The van der Waals surface area contributed by atoms with Gasteiger partial charge in [-0.15, -0.1) is 5.10 Å². The zero-order valence-electron chi connectivity index (χ0n) is 22.1. The molecule has 4 aromatic rings. The predicted octanol–water partition coefficient (Wildman–Crippen LogP) is 5.73. The van der Waals surface area contributed by atoms with Crippen molar-refractivity contribution in [2.75, 3.05) is 19.0 Å². The molecule has 0 spiro atoms. The fourth-order valence-electron chi connectivity index (χ4n) is 4.41. The van der Waals surface area contributed by atoms with Crippen LogP contribution in [0, 0.1) is 0 Å². The van der Waals surface area contributed by atoms with E-state index in [1.807, 2.05) is 30.3 Å². The van der Waals surface area contributed by atoms with E-state index < -0.39 is 35.1 Å². The van der Waals surface area contributed by atoms with E-state index in [9.17, 15) is 27.6 Å². The number of Topliss-reactive ketones (excluding diaryl/α,β-unsaturated/α-hetero) is 1. The SMILES string of the molecule is COc1nn([C@H](CNc2ccc(C(=O)O)cc2)Cc2ccccc2)c(=O)cc1-c1cc(C(F)(F)F)ccc1C(C)=O. The minimum Gasteiger partial charge on any atom is -0.480 e. The summed E-state index contributed by atoms with van der Waals surface area (Å²) in [6.07, 6.45) is -4.31. The Morgan fingerprint density at radius 1 is 1.00 bits per heavy atom. The van der Waals surface area contributed by atoms with Crippen molar-refractivity contribution in [1.82, 2.24) is 9.78 Å². The first kappa shape index (κ1) is 29.1. The van der Waals surface area contributed by atoms with Crippen molar-refractivity contribution in [1.29, 1.82) is 0 Å². The summed E-state index contributed by atoms with van der Waals surface area (Å²) in [6, 6.07) is 18.6. The molecule has 2 N–H and O–H groups in total. The molecule has 0 saturated carbocycles. The number of ketones is 1. The van der Waals surface area contributed by atoms with Crippen molar-refractivity contribution in [3.05, 3.63) is 111 Å². The van der Waals surface area contributed by atoms with Crippen molar-refractivity contribution in [2.24, 2.45) is 0 Å². The molecule has 11 heteroatoms. The minimum atomic E-state index is -4.67. The molecule has 1 aromatic heterocycles. The number of rotatable bonds is 10. The number of carbonyl (C=O) groups excluding carboxylic acids is 1. The van der Waals surface area contributed by atoms with Gasteiger partial charge < -0.3 is 15.2 Å². The number of hydrogen-bond donors (Lipinski definition) is 2. The topological polar surface area (TPSA) is 111 Å². The number of alkyl halides is 3. The summed E-state index contributed by atoms with van der Waals surface area (Å²) in [6.45, 7) is 1.41. The second-order valence-corrected chi connectivity index (χ2v) is 9.27. The van der Waals surface area contributed by atoms with Crippen LogP contribution in [0.2, 0.25) is 0 Å². The van der Waals surface area contributed by atoms with Gasteiger partial charge in [0.15, 0.2) is 5.78 Å². The zero-order chi connectivity index (χ0) is 29.7. The van der Waals surface area contributed by atoms with Crippen LogP contribution in [0.4, 0.5) is 18.9 Å². The number of carboxylic acid groups (broad SMARTS) is 1. The van der Waals surface area contributed by atoms with Gasteiger partial charge in [0.2, 0.25) is 5.88 Å². The van der Waals surface area contributed by atoms with Crippen LogP contribution >= 0.6 is 0 Å². The Balaban J connectivity index is 1.77. The summed E-state index contributed by atoms with van der Waals surface area (Å²) in [5.41, 5.74) is -0.135. The van der Waals surface area contributed by atoms with E-state index in [1.165, 1.54) is 30.8 Å². The maximum atomic E-state index is 13.5. The molecule has 1 atom stereocenters. The third-order valence-electron chi connectivity index (χ3n) is 6.47. The highest BCUT2D eigenvalue weighted by atomic mass is 19.4. The van der Waals surface area contributed by atoms with Gasteiger partial charge in [-0.25, -0.2) is 9.48 Å². The molecule has 0 aliphatic carbocycles. The maximum Gasteiger partial charge on any atom is 0.416 e. The van der Waals surface area contributed by atoms with Gasteiger partial charge in [0.1, 0.15) is 0 Å². The predicted molar refractivity (Wildman–Crippen MR) is 147 cm³/mol. The van der Waals surface area contributed by atoms with E-state index in [0.717, 1.165) is 29.8 Å². The van der Waals surface area contributed by atoms with Gasteiger partial charge in [-0.05, 0) is 60.9 Å². The van der Waals surface area contributed by atoms with Gasteiger partial charge in [0.05, 0.1) is 29.8 Å². The van der Waals surface area contributed by atoms with Crippen LogP contribution in [0.5, 0.6) is 5.88 Å². The van der Waals surface area contributed by atoms with Crippen LogP contribution in [0.15, 0.2) is 83.7 Å². The lowest BCUT2D eigenvalue weighted by molar-refractivity contribution is -0.137. The molecule has 212 valence electrons. The number of anilines is 1. The zero-order valence-corrected chi connectivity index (χ0v) is 22.1. The van der Waals surface area contributed by atoms with Gasteiger partial charge in [0.25, 0.3) is 5.56 Å². The molecule has 0 bridgehead atoms. The minimum absolute atomic E-state index is 0.0115. The standard InChI is InChI=1S/C30H26F3N3O5/c1-18(37)24-13-10-21(30(31,32)33)15-25(24)26-16-27(38)36(35-28(26)41-2)23(14-19-6-4-3-5-7-19)17-34-22-11-8-20(9-12-22)29(39)40/h3-13,15-16,23,34H,14,17H2,1-2H3,(H,39,40)/t23-/m0/s1. The van der Waals surface area contributed by atoms with Crippen LogP contribution in [0.1, 0.15) is 44.8 Å². The van der Waals surface area contributed by atoms with Crippen LogP contribution in [0.25, 0.3) is 11.1 Å². The van der Waals surface area contributed by atoms with Gasteiger partial charge >= 0.3 is 12.1 Å². The van der Waals surface area contributed by atoms with E-state index in [0.29, 0.717) is 12.1 Å². The molecule has 0 aliphatic rings. The second-order valence-electron chi connectivity index (χ2n) is 9.27. The first-order valence-electron chi connectivity index (χ1n) is 12.5. The van der Waals surface area contributed by atoms with Gasteiger partial charge in [-0.3, -0.25) is 9.59 Å². The Morgan fingerprint density at radius 2 is 1.68 bits per heavy atom. The Morgan fingerprint density at radius 3 is 2.27 bits per heavy atom. The number of nitrogens with zero attached hydrogens (tertiary/aromatic N) is 2. The lowest BCUT2D eigenvalue weighted by Crippen LogP contribution is -2.33. The lowest BCUT2D eigenvalue weighted by atomic mass is 9.95. The van der Waals surface area contributed by atoms with E-state index in [4.69, 9.17) is 9.84 Å². The Kier molecular flexibility index (Phi) is 8.56. The summed E-state index contributed by atoms with van der Waals surface area (Å²) in [5.74, 6) is -1.68. The third-order valence-corrected chi connectivity index (χ3v) is 6.47. The van der Waals surface area contributed by atoms with E-state index >= 15 is 0 Å². The third kappa shape index (κ3) is 6.81. The molecule has 0 unspecified atom stereocenters. The number of aromatic nitrogens is 2. The van der Waals surface area contributed by atoms with E-state index in [2.05, 4.69) is 10.4 Å². The fraction of sp³-hybridized carbons (Fsp3) is 0.200. The molecule has 0 amide bonds. The van der Waals surface area contributed by atoms with Crippen molar-refractivity contribution < 1.29 is 32.6 Å². The fourth-order valence-corrected chi connectivity index (χ4v) is 4.41. The number of ether oxygens (including phenoxy) is 1. The average Bonchev–Trinajstić information content (AvgIpc) is 2.95. The molecule has 3 aromatic carbocycles.